The van der Waals surface area contributed by atoms with Crippen LogP contribution in [0.2, 0.25) is 0 Å². The minimum absolute atomic E-state index is 0.172. The lowest BCUT2D eigenvalue weighted by Gasteiger charge is -2.22. The summed E-state index contributed by atoms with van der Waals surface area (Å²) < 4.78 is 19.3. The molecule has 3 rings (SSSR count). The molecule has 0 saturated carbocycles. The van der Waals surface area contributed by atoms with Gasteiger partial charge in [-0.3, -0.25) is 5.10 Å². The van der Waals surface area contributed by atoms with Gasteiger partial charge in [0.25, 0.3) is 0 Å². The van der Waals surface area contributed by atoms with Crippen LogP contribution in [0.1, 0.15) is 12.8 Å². The number of halogens is 1. The molecule has 1 aromatic carbocycles. The SMILES string of the molecule is Fc1cccc2c(OC3CCNCC3)n[nH]c12. The zero-order valence-electron chi connectivity index (χ0n) is 9.37. The van der Waals surface area contributed by atoms with Crippen LogP contribution in [0.3, 0.4) is 0 Å². The Morgan fingerprint density at radius 1 is 1.29 bits per heavy atom. The van der Waals surface area contributed by atoms with E-state index in [0.29, 0.717) is 16.8 Å². The molecule has 0 aliphatic carbocycles. The lowest BCUT2D eigenvalue weighted by atomic mass is 10.1. The van der Waals surface area contributed by atoms with Crippen molar-refractivity contribution in [3.05, 3.63) is 24.0 Å². The molecule has 0 atom stereocenters. The van der Waals surface area contributed by atoms with E-state index in [1.165, 1.54) is 6.07 Å². The maximum absolute atomic E-state index is 13.4. The summed E-state index contributed by atoms with van der Waals surface area (Å²) in [7, 11) is 0. The first-order valence-corrected chi connectivity index (χ1v) is 5.84. The predicted octanol–water partition coefficient (Wildman–Crippen LogP) is 1.83. The second-order valence-electron chi connectivity index (χ2n) is 4.26. The van der Waals surface area contributed by atoms with Crippen molar-refractivity contribution in [2.24, 2.45) is 0 Å². The summed E-state index contributed by atoms with van der Waals surface area (Å²) in [6, 6.07) is 4.90. The molecule has 1 aliphatic heterocycles. The Balaban J connectivity index is 1.87. The minimum Gasteiger partial charge on any atom is -0.473 e. The lowest BCUT2D eigenvalue weighted by molar-refractivity contribution is 0.158. The molecule has 1 aromatic heterocycles. The first-order valence-electron chi connectivity index (χ1n) is 5.84. The van der Waals surface area contributed by atoms with E-state index >= 15 is 0 Å². The molecule has 4 nitrogen and oxygen atoms in total. The van der Waals surface area contributed by atoms with Gasteiger partial charge in [0.15, 0.2) is 0 Å². The summed E-state index contributed by atoms with van der Waals surface area (Å²) in [6.45, 7) is 1.92. The van der Waals surface area contributed by atoms with Crippen molar-refractivity contribution in [3.8, 4) is 5.88 Å². The smallest absolute Gasteiger partial charge is 0.240 e. The molecule has 5 heteroatoms. The molecule has 0 unspecified atom stereocenters. The fourth-order valence-corrected chi connectivity index (χ4v) is 2.14. The molecule has 17 heavy (non-hydrogen) atoms. The third-order valence-electron chi connectivity index (χ3n) is 3.08. The van der Waals surface area contributed by atoms with Crippen molar-refractivity contribution >= 4 is 10.9 Å². The fourth-order valence-electron chi connectivity index (χ4n) is 2.14. The van der Waals surface area contributed by atoms with E-state index in [9.17, 15) is 4.39 Å². The highest BCUT2D eigenvalue weighted by Crippen LogP contribution is 2.26. The predicted molar refractivity (Wildman–Crippen MR) is 62.6 cm³/mol. The van der Waals surface area contributed by atoms with Crippen molar-refractivity contribution in [1.82, 2.24) is 15.5 Å². The van der Waals surface area contributed by atoms with Crippen LogP contribution in [-0.4, -0.2) is 29.4 Å². The molecule has 0 amide bonds. The van der Waals surface area contributed by atoms with Gasteiger partial charge in [-0.25, -0.2) is 4.39 Å². The van der Waals surface area contributed by atoms with Crippen LogP contribution in [0, 0.1) is 5.82 Å². The second-order valence-corrected chi connectivity index (χ2v) is 4.26. The van der Waals surface area contributed by atoms with E-state index < -0.39 is 0 Å². The van der Waals surface area contributed by atoms with Gasteiger partial charge < -0.3 is 10.1 Å². The number of hydrogen-bond acceptors (Lipinski definition) is 3. The zero-order chi connectivity index (χ0) is 11.7. The summed E-state index contributed by atoms with van der Waals surface area (Å²) in [5.74, 6) is 0.210. The topological polar surface area (TPSA) is 49.9 Å². The van der Waals surface area contributed by atoms with E-state index in [2.05, 4.69) is 15.5 Å². The number of nitrogens with zero attached hydrogens (tertiary/aromatic N) is 1. The average molecular weight is 235 g/mol. The number of aromatic amines is 1. The monoisotopic (exact) mass is 235 g/mol. The van der Waals surface area contributed by atoms with Crippen LogP contribution in [0.4, 0.5) is 4.39 Å². The molecule has 0 spiro atoms. The lowest BCUT2D eigenvalue weighted by Crippen LogP contribution is -2.34. The molecule has 1 saturated heterocycles. The van der Waals surface area contributed by atoms with E-state index in [1.807, 2.05) is 6.07 Å². The molecular formula is C12H14FN3O. The van der Waals surface area contributed by atoms with Crippen molar-refractivity contribution in [2.45, 2.75) is 18.9 Å². The Kier molecular flexibility index (Phi) is 2.68. The zero-order valence-corrected chi connectivity index (χ0v) is 9.37. The number of rotatable bonds is 2. The maximum Gasteiger partial charge on any atom is 0.240 e. The molecule has 2 aromatic rings. The molecule has 1 aliphatic rings. The first-order chi connectivity index (χ1) is 8.34. The summed E-state index contributed by atoms with van der Waals surface area (Å²) in [4.78, 5) is 0. The molecule has 2 N–H and O–H groups in total. The number of ether oxygens (including phenoxy) is 1. The van der Waals surface area contributed by atoms with Crippen LogP contribution in [0.15, 0.2) is 18.2 Å². The van der Waals surface area contributed by atoms with Crippen molar-refractivity contribution in [1.29, 1.82) is 0 Å². The van der Waals surface area contributed by atoms with Gasteiger partial charge >= 0.3 is 0 Å². The number of nitrogens with one attached hydrogen (secondary N) is 2. The molecule has 90 valence electrons. The van der Waals surface area contributed by atoms with Gasteiger partial charge in [-0.15, -0.1) is 5.10 Å². The number of benzene rings is 1. The Morgan fingerprint density at radius 2 is 2.12 bits per heavy atom. The fraction of sp³-hybridized carbons (Fsp3) is 0.417. The highest BCUT2D eigenvalue weighted by Gasteiger charge is 2.18. The van der Waals surface area contributed by atoms with Gasteiger partial charge in [-0.05, 0) is 38.1 Å². The van der Waals surface area contributed by atoms with Gasteiger partial charge in [0.2, 0.25) is 5.88 Å². The Morgan fingerprint density at radius 3 is 2.94 bits per heavy atom. The van der Waals surface area contributed by atoms with Crippen LogP contribution in [0.25, 0.3) is 10.9 Å². The number of para-hydroxylation sites is 1. The Hall–Kier alpha value is -1.62. The highest BCUT2D eigenvalue weighted by atomic mass is 19.1. The van der Waals surface area contributed by atoms with E-state index in [0.717, 1.165) is 25.9 Å². The number of hydrogen-bond donors (Lipinski definition) is 2. The summed E-state index contributed by atoms with van der Waals surface area (Å²) in [5, 5.41) is 10.7. The molecule has 1 fully saturated rings. The maximum atomic E-state index is 13.4. The first kappa shape index (κ1) is 10.5. The van der Waals surface area contributed by atoms with E-state index in [1.54, 1.807) is 6.07 Å². The van der Waals surface area contributed by atoms with Gasteiger partial charge in [-0.2, -0.15) is 0 Å². The molecule has 2 heterocycles. The molecule has 0 bridgehead atoms. The summed E-state index contributed by atoms with van der Waals surface area (Å²) in [6.07, 6.45) is 2.10. The van der Waals surface area contributed by atoms with Crippen LogP contribution in [0.5, 0.6) is 5.88 Å². The number of aromatic nitrogens is 2. The second kappa shape index (κ2) is 4.33. The highest BCUT2D eigenvalue weighted by molar-refractivity contribution is 5.84. The Labute approximate surface area is 98.2 Å². The third-order valence-corrected chi connectivity index (χ3v) is 3.08. The molecule has 0 radical (unpaired) electrons. The van der Waals surface area contributed by atoms with Crippen molar-refractivity contribution in [3.63, 3.8) is 0 Å². The minimum atomic E-state index is -0.296. The van der Waals surface area contributed by atoms with Gasteiger partial charge in [0.05, 0.1) is 5.39 Å². The number of H-pyrrole nitrogens is 1. The van der Waals surface area contributed by atoms with Gasteiger partial charge in [0.1, 0.15) is 17.4 Å². The average Bonchev–Trinajstić information content (AvgIpc) is 2.76. The largest absolute Gasteiger partial charge is 0.473 e. The van der Waals surface area contributed by atoms with Crippen molar-refractivity contribution < 1.29 is 9.13 Å². The quantitative estimate of drug-likeness (QED) is 0.835. The molecular weight excluding hydrogens is 221 g/mol. The van der Waals surface area contributed by atoms with Crippen molar-refractivity contribution in [2.75, 3.05) is 13.1 Å². The van der Waals surface area contributed by atoms with Crippen LogP contribution in [-0.2, 0) is 0 Å². The summed E-state index contributed by atoms with van der Waals surface area (Å²) in [5.41, 5.74) is 0.413. The standard InChI is InChI=1S/C12H14FN3O/c13-10-3-1-2-9-11(10)15-16-12(9)17-8-4-6-14-7-5-8/h1-3,8,14H,4-7H2,(H,15,16). The summed E-state index contributed by atoms with van der Waals surface area (Å²) >= 11 is 0. The number of fused-ring (bicyclic) bond motifs is 1. The van der Waals surface area contributed by atoms with Gasteiger partial charge in [0, 0.05) is 0 Å². The van der Waals surface area contributed by atoms with Gasteiger partial charge in [-0.1, -0.05) is 6.07 Å². The number of piperidine rings is 1. The Bertz CT molecular complexity index is 519. The third kappa shape index (κ3) is 1.98. The van der Waals surface area contributed by atoms with E-state index in [4.69, 9.17) is 4.74 Å². The normalized spacial score (nSPS) is 17.5. The van der Waals surface area contributed by atoms with E-state index in [-0.39, 0.29) is 11.9 Å². The van der Waals surface area contributed by atoms with Crippen LogP contribution < -0.4 is 10.1 Å². The van der Waals surface area contributed by atoms with Crippen LogP contribution >= 0.6 is 0 Å².